The average molecular weight is 519 g/mol. The third-order valence-corrected chi connectivity index (χ3v) is 10.9. The predicted molar refractivity (Wildman–Crippen MR) is 170 cm³/mol. The molecule has 38 heavy (non-hydrogen) atoms. The van der Waals surface area contributed by atoms with Crippen LogP contribution in [0.1, 0.15) is 12.8 Å². The summed E-state index contributed by atoms with van der Waals surface area (Å²) >= 11 is 3.94. The third-order valence-electron chi connectivity index (χ3n) is 8.29. The minimum Gasteiger partial charge on any atom is -0.134 e. The van der Waals surface area contributed by atoms with Gasteiger partial charge in [-0.3, -0.25) is 0 Å². The maximum Gasteiger partial charge on any atom is 0.0534 e. The average Bonchev–Trinajstić information content (AvgIpc) is 3.56. The number of thiophene rings is 2. The Labute approximate surface area is 227 Å². The van der Waals surface area contributed by atoms with Crippen LogP contribution in [0.3, 0.4) is 0 Å². The van der Waals surface area contributed by atoms with Crippen molar-refractivity contribution in [1.82, 2.24) is 0 Å². The Morgan fingerprint density at radius 3 is 1.79 bits per heavy atom. The molecule has 2 heterocycles. The van der Waals surface area contributed by atoms with E-state index in [2.05, 4.69) is 109 Å². The number of benzene rings is 6. The second-order valence-corrected chi connectivity index (χ2v) is 12.4. The van der Waals surface area contributed by atoms with Crippen molar-refractivity contribution in [2.24, 2.45) is 0 Å². The fourth-order valence-electron chi connectivity index (χ4n) is 6.56. The van der Waals surface area contributed by atoms with Gasteiger partial charge in [0.05, 0.1) is 9.40 Å². The van der Waals surface area contributed by atoms with Crippen molar-refractivity contribution in [3.05, 3.63) is 107 Å². The molecule has 0 amide bonds. The van der Waals surface area contributed by atoms with E-state index in [9.17, 15) is 0 Å². The molecule has 0 saturated heterocycles. The number of hydrogen-bond acceptors (Lipinski definition) is 2. The van der Waals surface area contributed by atoms with Crippen LogP contribution in [0.15, 0.2) is 97.1 Å². The molecule has 2 aromatic heterocycles. The Morgan fingerprint density at radius 1 is 0.421 bits per heavy atom. The van der Waals surface area contributed by atoms with E-state index in [0.717, 1.165) is 12.8 Å². The lowest BCUT2D eigenvalue weighted by Gasteiger charge is -2.12. The van der Waals surface area contributed by atoms with Crippen molar-refractivity contribution < 1.29 is 0 Å². The zero-order chi connectivity index (χ0) is 24.8. The van der Waals surface area contributed by atoms with Crippen molar-refractivity contribution in [3.63, 3.8) is 0 Å². The Bertz CT molecular complexity index is 2360. The first-order valence-corrected chi connectivity index (χ1v) is 14.9. The second kappa shape index (κ2) is 7.77. The van der Waals surface area contributed by atoms with Gasteiger partial charge in [-0.05, 0) is 67.6 Å². The lowest BCUT2D eigenvalue weighted by Crippen LogP contribution is -2.20. The molecule has 0 fully saturated rings. The van der Waals surface area contributed by atoms with Crippen LogP contribution in [0.2, 0.25) is 0 Å². The molecule has 9 rings (SSSR count). The molecule has 0 unspecified atom stereocenters. The van der Waals surface area contributed by atoms with Gasteiger partial charge in [-0.15, -0.1) is 22.7 Å². The molecule has 6 aromatic carbocycles. The van der Waals surface area contributed by atoms with Gasteiger partial charge >= 0.3 is 0 Å². The van der Waals surface area contributed by atoms with Crippen molar-refractivity contribution in [2.45, 2.75) is 12.8 Å². The molecule has 0 aliphatic heterocycles. The first-order valence-electron chi connectivity index (χ1n) is 13.3. The first-order chi connectivity index (χ1) is 18.8. The monoisotopic (exact) mass is 518 g/mol. The molecular weight excluding hydrogens is 497 g/mol. The van der Waals surface area contributed by atoms with Gasteiger partial charge < -0.3 is 0 Å². The molecule has 1 aliphatic carbocycles. The lowest BCUT2D eigenvalue weighted by molar-refractivity contribution is 1.13. The number of rotatable bonds is 1. The Morgan fingerprint density at radius 2 is 1.00 bits per heavy atom. The molecule has 8 aromatic rings. The van der Waals surface area contributed by atoms with Crippen molar-refractivity contribution in [1.29, 1.82) is 0 Å². The van der Waals surface area contributed by atoms with Crippen LogP contribution in [0.25, 0.3) is 85.9 Å². The van der Waals surface area contributed by atoms with Crippen molar-refractivity contribution >= 4 is 97.4 Å². The largest absolute Gasteiger partial charge is 0.134 e. The highest BCUT2D eigenvalue weighted by atomic mass is 32.1. The highest BCUT2D eigenvalue weighted by molar-refractivity contribution is 7.31. The van der Waals surface area contributed by atoms with E-state index in [1.165, 1.54) is 83.5 Å². The van der Waals surface area contributed by atoms with Gasteiger partial charge in [-0.25, -0.2) is 0 Å². The van der Waals surface area contributed by atoms with E-state index in [-0.39, 0.29) is 0 Å². The summed E-state index contributed by atoms with van der Waals surface area (Å²) in [6, 6.07) is 36.3. The van der Waals surface area contributed by atoms with Gasteiger partial charge in [-0.2, -0.15) is 0 Å². The van der Waals surface area contributed by atoms with Gasteiger partial charge in [0.25, 0.3) is 0 Å². The lowest BCUT2D eigenvalue weighted by atomic mass is 9.92. The summed E-state index contributed by atoms with van der Waals surface area (Å²) in [7, 11) is 0. The zero-order valence-corrected chi connectivity index (χ0v) is 22.3. The molecule has 0 spiro atoms. The highest BCUT2D eigenvalue weighted by Gasteiger charge is 2.16. The zero-order valence-electron chi connectivity index (χ0n) is 20.6. The minimum absolute atomic E-state index is 1.15. The maximum absolute atomic E-state index is 2.43. The summed E-state index contributed by atoms with van der Waals surface area (Å²) in [4.78, 5) is 0. The Balaban J connectivity index is 1.36. The molecule has 1 aliphatic rings. The van der Waals surface area contributed by atoms with E-state index in [1.54, 1.807) is 0 Å². The quantitative estimate of drug-likeness (QED) is 0.190. The summed E-state index contributed by atoms with van der Waals surface area (Å²) < 4.78 is 5.72. The van der Waals surface area contributed by atoms with E-state index in [0.29, 0.717) is 0 Å². The van der Waals surface area contributed by atoms with E-state index in [4.69, 9.17) is 0 Å². The summed E-state index contributed by atoms with van der Waals surface area (Å²) in [6.45, 7) is 0. The minimum atomic E-state index is 1.15. The van der Waals surface area contributed by atoms with Crippen LogP contribution in [0, 0.1) is 0 Å². The fraction of sp³-hybridized carbons (Fsp3) is 0.0556. The second-order valence-electron chi connectivity index (χ2n) is 10.3. The summed E-state index contributed by atoms with van der Waals surface area (Å²) in [5.74, 6) is 0. The predicted octanol–water partition coefficient (Wildman–Crippen LogP) is 9.75. The highest BCUT2D eigenvalue weighted by Crippen LogP contribution is 2.44. The third kappa shape index (κ3) is 2.79. The molecule has 0 nitrogen and oxygen atoms in total. The fourth-order valence-corrected chi connectivity index (χ4v) is 9.30. The van der Waals surface area contributed by atoms with Crippen molar-refractivity contribution in [3.8, 4) is 11.1 Å². The van der Waals surface area contributed by atoms with E-state index < -0.39 is 0 Å². The van der Waals surface area contributed by atoms with Crippen LogP contribution < -0.4 is 9.75 Å². The molecule has 0 saturated carbocycles. The van der Waals surface area contributed by atoms with Gasteiger partial charge in [0.2, 0.25) is 0 Å². The van der Waals surface area contributed by atoms with E-state index >= 15 is 0 Å². The van der Waals surface area contributed by atoms with Gasteiger partial charge in [0.1, 0.15) is 0 Å². The topological polar surface area (TPSA) is 0 Å². The van der Waals surface area contributed by atoms with Gasteiger partial charge in [-0.1, -0.05) is 103 Å². The van der Waals surface area contributed by atoms with Crippen LogP contribution in [0.4, 0.5) is 0 Å². The number of fused-ring (bicyclic) bond motifs is 13. The Hall–Kier alpha value is -3.98. The molecule has 0 atom stereocenters. The van der Waals surface area contributed by atoms with Crippen molar-refractivity contribution in [2.75, 3.05) is 0 Å². The molecule has 178 valence electrons. The summed E-state index contributed by atoms with van der Waals surface area (Å²) in [6.07, 6.45) is 7.17. The molecule has 0 bridgehead atoms. The summed E-state index contributed by atoms with van der Waals surface area (Å²) in [5, 5.41) is 13.6. The first kappa shape index (κ1) is 21.0. The molecule has 0 N–H and O–H groups in total. The van der Waals surface area contributed by atoms with Crippen LogP contribution in [-0.2, 0) is 0 Å². The van der Waals surface area contributed by atoms with Gasteiger partial charge in [0, 0.05) is 25.4 Å². The van der Waals surface area contributed by atoms with E-state index in [1.807, 2.05) is 22.7 Å². The number of hydrogen-bond donors (Lipinski definition) is 0. The molecular formula is C36H22S2. The normalized spacial score (nSPS) is 13.5. The maximum atomic E-state index is 2.43. The smallest absolute Gasteiger partial charge is 0.0534 e. The SMILES string of the molecule is C1=c2sc3c(ccc4c5cccc(-c6ccc7c8ccccc8c8ccccc8c7c6)c5sc43)c2=CCC1. The van der Waals surface area contributed by atoms with Crippen LogP contribution >= 0.6 is 22.7 Å². The summed E-state index contributed by atoms with van der Waals surface area (Å²) in [5.41, 5.74) is 2.62. The van der Waals surface area contributed by atoms with Crippen LogP contribution in [0.5, 0.6) is 0 Å². The molecule has 2 heteroatoms. The van der Waals surface area contributed by atoms with Crippen LogP contribution in [-0.4, -0.2) is 0 Å². The van der Waals surface area contributed by atoms with Gasteiger partial charge in [0.15, 0.2) is 0 Å². The molecule has 0 radical (unpaired) electrons. The standard InChI is InChI=1S/C36H22S2/c1-2-10-25-23(8-1)24-9-3-4-11-26(24)32-20-21(16-17-27(25)32)22-13-7-14-29-31-19-18-30-28-12-5-6-15-33(28)37-35(30)36(31)38-34(22)29/h1-4,7-20H,5-6H2. The Kier molecular flexibility index (Phi) is 4.29.